The van der Waals surface area contributed by atoms with E-state index in [0.29, 0.717) is 6.42 Å². The Balaban J connectivity index is 2.26. The minimum atomic E-state index is 0.213. The maximum absolute atomic E-state index is 11.1. The molecule has 1 aliphatic rings. The Kier molecular flexibility index (Phi) is 4.50. The zero-order valence-electron chi connectivity index (χ0n) is 7.51. The van der Waals surface area contributed by atoms with E-state index >= 15 is 0 Å². The fourth-order valence-electron chi connectivity index (χ4n) is 1.32. The van der Waals surface area contributed by atoms with Gasteiger partial charge in [0.25, 0.3) is 0 Å². The number of amides is 1. The van der Waals surface area contributed by atoms with Crippen LogP contribution in [0.4, 0.5) is 0 Å². The zero-order chi connectivity index (χ0) is 8.65. The predicted octanol–water partition coefficient (Wildman–Crippen LogP) is 2.01. The Morgan fingerprint density at radius 2 is 1.83 bits per heavy atom. The first-order valence-electron chi connectivity index (χ1n) is 4.81. The molecule has 0 spiro atoms. The standard InChI is InChI=1S/C10H17NO/c12-10-8-6-4-2-1-3-5-7-9-11-10/h1-2H,3-9H2,(H,11,12)/b2-1-. The van der Waals surface area contributed by atoms with Gasteiger partial charge in [-0.1, -0.05) is 12.2 Å². The van der Waals surface area contributed by atoms with E-state index in [1.165, 1.54) is 6.42 Å². The molecule has 0 fully saturated rings. The van der Waals surface area contributed by atoms with E-state index in [1.54, 1.807) is 0 Å². The summed E-state index contributed by atoms with van der Waals surface area (Å²) in [6.45, 7) is 0.854. The van der Waals surface area contributed by atoms with Crippen LogP contribution in [0.5, 0.6) is 0 Å². The SMILES string of the molecule is O=C1CCC/C=C\CCCCN1. The van der Waals surface area contributed by atoms with Crippen LogP contribution < -0.4 is 5.32 Å². The molecular weight excluding hydrogens is 150 g/mol. The van der Waals surface area contributed by atoms with E-state index in [9.17, 15) is 4.79 Å². The van der Waals surface area contributed by atoms with Crippen molar-refractivity contribution in [3.05, 3.63) is 12.2 Å². The summed E-state index contributed by atoms with van der Waals surface area (Å²) >= 11 is 0. The van der Waals surface area contributed by atoms with Crippen LogP contribution in [0, 0.1) is 0 Å². The molecule has 68 valence electrons. The summed E-state index contributed by atoms with van der Waals surface area (Å²) < 4.78 is 0. The molecule has 1 heterocycles. The van der Waals surface area contributed by atoms with Crippen molar-refractivity contribution < 1.29 is 4.79 Å². The molecule has 0 aromatic rings. The number of allylic oxidation sites excluding steroid dienone is 2. The molecule has 0 saturated heterocycles. The van der Waals surface area contributed by atoms with Gasteiger partial charge >= 0.3 is 0 Å². The Bertz CT molecular complexity index is 163. The quantitative estimate of drug-likeness (QED) is 0.549. The topological polar surface area (TPSA) is 29.1 Å². The van der Waals surface area contributed by atoms with Crippen LogP contribution in [0.2, 0.25) is 0 Å². The average molecular weight is 167 g/mol. The van der Waals surface area contributed by atoms with Crippen LogP contribution in [0.15, 0.2) is 12.2 Å². The van der Waals surface area contributed by atoms with Crippen LogP contribution in [0.25, 0.3) is 0 Å². The molecule has 1 aliphatic heterocycles. The Morgan fingerprint density at radius 3 is 2.67 bits per heavy atom. The largest absolute Gasteiger partial charge is 0.356 e. The molecule has 2 nitrogen and oxygen atoms in total. The summed E-state index contributed by atoms with van der Waals surface area (Å²) in [6, 6.07) is 0. The summed E-state index contributed by atoms with van der Waals surface area (Å²) in [7, 11) is 0. The molecule has 1 N–H and O–H groups in total. The highest BCUT2D eigenvalue weighted by molar-refractivity contribution is 5.75. The number of carbonyl (C=O) groups is 1. The first kappa shape index (κ1) is 9.30. The van der Waals surface area contributed by atoms with Crippen molar-refractivity contribution in [1.29, 1.82) is 0 Å². The third-order valence-electron chi connectivity index (χ3n) is 2.06. The van der Waals surface area contributed by atoms with Crippen LogP contribution in [0.3, 0.4) is 0 Å². The Hall–Kier alpha value is -0.790. The average Bonchev–Trinajstić information content (AvgIpc) is 2.11. The number of carbonyl (C=O) groups excluding carboxylic acids is 1. The van der Waals surface area contributed by atoms with Gasteiger partial charge in [-0.25, -0.2) is 0 Å². The fourth-order valence-corrected chi connectivity index (χ4v) is 1.32. The minimum Gasteiger partial charge on any atom is -0.356 e. The van der Waals surface area contributed by atoms with Crippen molar-refractivity contribution in [1.82, 2.24) is 5.32 Å². The lowest BCUT2D eigenvalue weighted by Gasteiger charge is -2.02. The molecule has 1 amide bonds. The monoisotopic (exact) mass is 167 g/mol. The Morgan fingerprint density at radius 1 is 1.08 bits per heavy atom. The van der Waals surface area contributed by atoms with Gasteiger partial charge in [-0.05, 0) is 32.1 Å². The molecule has 0 aromatic carbocycles. The first-order valence-corrected chi connectivity index (χ1v) is 4.81. The van der Waals surface area contributed by atoms with Crippen molar-refractivity contribution in [2.75, 3.05) is 6.54 Å². The highest BCUT2D eigenvalue weighted by Gasteiger charge is 1.99. The fraction of sp³-hybridized carbons (Fsp3) is 0.700. The van der Waals surface area contributed by atoms with Crippen molar-refractivity contribution in [2.24, 2.45) is 0 Å². The van der Waals surface area contributed by atoms with Gasteiger partial charge in [0.1, 0.15) is 0 Å². The molecule has 0 radical (unpaired) electrons. The van der Waals surface area contributed by atoms with Crippen LogP contribution in [0.1, 0.15) is 38.5 Å². The van der Waals surface area contributed by atoms with Gasteiger partial charge in [0.2, 0.25) is 5.91 Å². The summed E-state index contributed by atoms with van der Waals surface area (Å²) in [5.74, 6) is 0.213. The lowest BCUT2D eigenvalue weighted by atomic mass is 10.2. The summed E-state index contributed by atoms with van der Waals surface area (Å²) in [6.07, 6.45) is 10.6. The summed E-state index contributed by atoms with van der Waals surface area (Å²) in [4.78, 5) is 11.1. The lowest BCUT2D eigenvalue weighted by Crippen LogP contribution is -2.23. The highest BCUT2D eigenvalue weighted by Crippen LogP contribution is 2.02. The van der Waals surface area contributed by atoms with Gasteiger partial charge in [0, 0.05) is 13.0 Å². The van der Waals surface area contributed by atoms with E-state index in [4.69, 9.17) is 0 Å². The molecule has 12 heavy (non-hydrogen) atoms. The maximum atomic E-state index is 11.1. The van der Waals surface area contributed by atoms with Crippen molar-refractivity contribution in [3.63, 3.8) is 0 Å². The molecule has 2 heteroatoms. The summed E-state index contributed by atoms with van der Waals surface area (Å²) in [5, 5.41) is 2.91. The van der Waals surface area contributed by atoms with E-state index in [0.717, 1.165) is 32.2 Å². The number of rotatable bonds is 0. The van der Waals surface area contributed by atoms with Crippen LogP contribution >= 0.6 is 0 Å². The third-order valence-corrected chi connectivity index (χ3v) is 2.06. The van der Waals surface area contributed by atoms with Crippen LogP contribution in [-0.2, 0) is 4.79 Å². The van der Waals surface area contributed by atoms with Gasteiger partial charge in [0.05, 0.1) is 0 Å². The maximum Gasteiger partial charge on any atom is 0.220 e. The van der Waals surface area contributed by atoms with Gasteiger partial charge in [-0.2, -0.15) is 0 Å². The molecule has 0 aliphatic carbocycles. The first-order chi connectivity index (χ1) is 5.89. The van der Waals surface area contributed by atoms with E-state index in [1.807, 2.05) is 0 Å². The molecule has 0 unspecified atom stereocenters. The van der Waals surface area contributed by atoms with Crippen molar-refractivity contribution in [2.45, 2.75) is 38.5 Å². The molecule has 0 atom stereocenters. The van der Waals surface area contributed by atoms with E-state index in [2.05, 4.69) is 17.5 Å². The summed E-state index contributed by atoms with van der Waals surface area (Å²) in [5.41, 5.74) is 0. The molecule has 0 saturated carbocycles. The van der Waals surface area contributed by atoms with E-state index < -0.39 is 0 Å². The lowest BCUT2D eigenvalue weighted by molar-refractivity contribution is -0.121. The van der Waals surface area contributed by atoms with Gasteiger partial charge in [0.15, 0.2) is 0 Å². The zero-order valence-corrected chi connectivity index (χ0v) is 7.51. The van der Waals surface area contributed by atoms with Gasteiger partial charge < -0.3 is 5.32 Å². The normalized spacial score (nSPS) is 23.8. The minimum absolute atomic E-state index is 0.213. The van der Waals surface area contributed by atoms with Crippen molar-refractivity contribution >= 4 is 5.91 Å². The van der Waals surface area contributed by atoms with Crippen LogP contribution in [-0.4, -0.2) is 12.5 Å². The molecule has 0 bridgehead atoms. The van der Waals surface area contributed by atoms with E-state index in [-0.39, 0.29) is 5.91 Å². The van der Waals surface area contributed by atoms with Gasteiger partial charge in [-0.3, -0.25) is 4.79 Å². The second kappa shape index (κ2) is 5.81. The second-order valence-electron chi connectivity index (χ2n) is 3.21. The van der Waals surface area contributed by atoms with Crippen molar-refractivity contribution in [3.8, 4) is 0 Å². The number of hydrogen-bond acceptors (Lipinski definition) is 1. The smallest absolute Gasteiger partial charge is 0.220 e. The molecule has 1 rings (SSSR count). The number of hydrogen-bond donors (Lipinski definition) is 1. The third kappa shape index (κ3) is 4.16. The second-order valence-corrected chi connectivity index (χ2v) is 3.21. The highest BCUT2D eigenvalue weighted by atomic mass is 16.1. The van der Waals surface area contributed by atoms with Gasteiger partial charge in [-0.15, -0.1) is 0 Å². The Labute approximate surface area is 74.0 Å². The molecule has 0 aromatic heterocycles. The molecular formula is C10H17NO. The number of nitrogens with one attached hydrogen (secondary N) is 1. The predicted molar refractivity (Wildman–Crippen MR) is 49.9 cm³/mol.